The lowest BCUT2D eigenvalue weighted by molar-refractivity contribution is -0.153. The molecule has 0 atom stereocenters. The molecule has 3 nitrogen and oxygen atoms in total. The molecule has 0 aliphatic carbocycles. The van der Waals surface area contributed by atoms with Crippen molar-refractivity contribution >= 4 is 40.3 Å². The van der Waals surface area contributed by atoms with E-state index in [0.29, 0.717) is 0 Å². The van der Waals surface area contributed by atoms with Crippen molar-refractivity contribution in [2.45, 2.75) is 6.18 Å². The fourth-order valence-electron chi connectivity index (χ4n) is 1.13. The quantitative estimate of drug-likeness (QED) is 0.634. The number of carbonyl (C=O) groups excluding carboxylic acids is 1. The third-order valence-electron chi connectivity index (χ3n) is 1.82. The van der Waals surface area contributed by atoms with Crippen LogP contribution >= 0.6 is 24.0 Å². The molecule has 1 saturated heterocycles. The molecule has 0 spiro atoms. The van der Waals surface area contributed by atoms with Crippen molar-refractivity contribution in [3.05, 3.63) is 28.6 Å². The topological polar surface area (TPSA) is 42.2 Å². The van der Waals surface area contributed by atoms with Gasteiger partial charge in [0.1, 0.15) is 10.1 Å². The summed E-state index contributed by atoms with van der Waals surface area (Å²) >= 11 is 5.71. The number of nitrogens with one attached hydrogen (secondary N) is 1. The number of hydrogen-bond donors (Lipinski definition) is 1. The summed E-state index contributed by atoms with van der Waals surface area (Å²) in [5.41, 5.74) is 0. The van der Waals surface area contributed by atoms with Crippen molar-refractivity contribution in [3.63, 3.8) is 0 Å². The van der Waals surface area contributed by atoms with E-state index in [1.165, 1.54) is 6.08 Å². The van der Waals surface area contributed by atoms with E-state index >= 15 is 0 Å². The van der Waals surface area contributed by atoms with Gasteiger partial charge in [-0.3, -0.25) is 4.79 Å². The number of rotatable bonds is 1. The maximum Gasteiger partial charge on any atom is 0.449 e. The lowest BCUT2D eigenvalue weighted by Gasteiger charge is -1.99. The molecule has 0 radical (unpaired) electrons. The highest BCUT2D eigenvalue weighted by Crippen LogP contribution is 2.32. The highest BCUT2D eigenvalue weighted by Gasteiger charge is 2.34. The second-order valence-corrected chi connectivity index (χ2v) is 4.77. The molecule has 17 heavy (non-hydrogen) atoms. The summed E-state index contributed by atoms with van der Waals surface area (Å²) in [7, 11) is 0. The summed E-state index contributed by atoms with van der Waals surface area (Å²) in [6.07, 6.45) is -3.31. The van der Waals surface area contributed by atoms with Crippen molar-refractivity contribution in [2.75, 3.05) is 0 Å². The largest absolute Gasteiger partial charge is 0.452 e. The van der Waals surface area contributed by atoms with Crippen LogP contribution in [0.15, 0.2) is 21.5 Å². The number of amides is 1. The molecule has 1 aromatic rings. The zero-order chi connectivity index (χ0) is 12.6. The summed E-state index contributed by atoms with van der Waals surface area (Å²) < 4.78 is 41.5. The van der Waals surface area contributed by atoms with Crippen molar-refractivity contribution in [2.24, 2.45) is 0 Å². The molecule has 0 aromatic carbocycles. The minimum Gasteiger partial charge on any atom is -0.452 e. The van der Waals surface area contributed by atoms with Gasteiger partial charge in [0, 0.05) is 6.08 Å². The van der Waals surface area contributed by atoms with E-state index in [1.807, 2.05) is 0 Å². The molecule has 1 aliphatic rings. The maximum atomic E-state index is 12.2. The summed E-state index contributed by atoms with van der Waals surface area (Å²) in [5.74, 6) is -1.58. The van der Waals surface area contributed by atoms with Crippen LogP contribution < -0.4 is 5.32 Å². The zero-order valence-corrected chi connectivity index (χ0v) is 9.63. The molecule has 1 aromatic heterocycles. The number of carbonyl (C=O) groups is 1. The first-order valence-electron chi connectivity index (χ1n) is 4.28. The number of alkyl halides is 3. The van der Waals surface area contributed by atoms with Crippen molar-refractivity contribution in [3.8, 4) is 0 Å². The summed E-state index contributed by atoms with van der Waals surface area (Å²) in [4.78, 5) is 11.4. The second-order valence-electron chi connectivity index (χ2n) is 3.05. The third kappa shape index (κ3) is 2.70. The Kier molecular flexibility index (Phi) is 3.00. The van der Waals surface area contributed by atoms with Gasteiger partial charge in [0.05, 0.1) is 4.91 Å². The Balaban J connectivity index is 2.25. The Morgan fingerprint density at radius 2 is 2.12 bits per heavy atom. The van der Waals surface area contributed by atoms with Gasteiger partial charge in [-0.1, -0.05) is 24.0 Å². The van der Waals surface area contributed by atoms with Gasteiger partial charge in [-0.05, 0) is 12.1 Å². The van der Waals surface area contributed by atoms with Crippen LogP contribution in [0.1, 0.15) is 11.5 Å². The molecule has 90 valence electrons. The van der Waals surface area contributed by atoms with E-state index in [-0.39, 0.29) is 15.0 Å². The first-order valence-corrected chi connectivity index (χ1v) is 5.50. The molecule has 0 bridgehead atoms. The maximum absolute atomic E-state index is 12.2. The average molecular weight is 279 g/mol. The predicted octanol–water partition coefficient (Wildman–Crippen LogP) is 2.79. The molecule has 2 rings (SSSR count). The van der Waals surface area contributed by atoms with Crippen molar-refractivity contribution < 1.29 is 22.4 Å². The zero-order valence-electron chi connectivity index (χ0n) is 8.00. The number of furan rings is 1. The SMILES string of the molecule is O=C1NC(=S)SC1=Cc1ccc(C(F)(F)F)o1. The van der Waals surface area contributed by atoms with E-state index < -0.39 is 17.8 Å². The monoisotopic (exact) mass is 279 g/mol. The van der Waals surface area contributed by atoms with E-state index in [9.17, 15) is 18.0 Å². The Labute approximate surface area is 103 Å². The van der Waals surface area contributed by atoms with Gasteiger partial charge in [0.2, 0.25) is 5.76 Å². The predicted molar refractivity (Wildman–Crippen MR) is 60.0 cm³/mol. The van der Waals surface area contributed by atoms with Crippen LogP contribution in [0.5, 0.6) is 0 Å². The Morgan fingerprint density at radius 1 is 1.41 bits per heavy atom. The molecule has 8 heteroatoms. The summed E-state index contributed by atoms with van der Waals surface area (Å²) in [5, 5.41) is 2.35. The van der Waals surface area contributed by atoms with Gasteiger partial charge < -0.3 is 9.73 Å². The molecular formula is C9H4F3NO2S2. The van der Waals surface area contributed by atoms with Gasteiger partial charge in [0.15, 0.2) is 0 Å². The lowest BCUT2D eigenvalue weighted by atomic mass is 10.3. The van der Waals surface area contributed by atoms with Gasteiger partial charge in [-0.2, -0.15) is 13.2 Å². The molecule has 1 fully saturated rings. The van der Waals surface area contributed by atoms with E-state index in [4.69, 9.17) is 12.2 Å². The van der Waals surface area contributed by atoms with Crippen LogP contribution in [0.25, 0.3) is 6.08 Å². The first-order chi connectivity index (χ1) is 7.86. The highest BCUT2D eigenvalue weighted by molar-refractivity contribution is 8.26. The lowest BCUT2D eigenvalue weighted by Crippen LogP contribution is -2.17. The molecule has 0 saturated carbocycles. The van der Waals surface area contributed by atoms with E-state index in [2.05, 4.69) is 9.73 Å². The van der Waals surface area contributed by atoms with Gasteiger partial charge in [-0.15, -0.1) is 0 Å². The number of thiocarbonyl (C=S) groups is 1. The van der Waals surface area contributed by atoms with Crippen LogP contribution in [-0.2, 0) is 11.0 Å². The Hall–Kier alpha value is -1.28. The summed E-state index contributed by atoms with van der Waals surface area (Å²) in [6.45, 7) is 0. The van der Waals surface area contributed by atoms with Gasteiger partial charge in [-0.25, -0.2) is 0 Å². The van der Waals surface area contributed by atoms with Crippen LogP contribution in [0.3, 0.4) is 0 Å². The minimum atomic E-state index is -4.53. The number of halogens is 3. The Bertz CT molecular complexity index is 519. The van der Waals surface area contributed by atoms with E-state index in [0.717, 1.165) is 23.9 Å². The molecule has 2 heterocycles. The average Bonchev–Trinajstić information content (AvgIpc) is 2.74. The van der Waals surface area contributed by atoms with E-state index in [1.54, 1.807) is 0 Å². The fraction of sp³-hybridized carbons (Fsp3) is 0.111. The smallest absolute Gasteiger partial charge is 0.449 e. The fourth-order valence-corrected chi connectivity index (χ4v) is 2.16. The summed E-state index contributed by atoms with van der Waals surface area (Å²) in [6, 6.07) is 1.95. The van der Waals surface area contributed by atoms with Gasteiger partial charge in [0.25, 0.3) is 5.91 Å². The highest BCUT2D eigenvalue weighted by atomic mass is 32.2. The third-order valence-corrected chi connectivity index (χ3v) is 2.98. The normalized spacial score (nSPS) is 18.9. The first kappa shape index (κ1) is 12.2. The van der Waals surface area contributed by atoms with Crippen LogP contribution in [-0.4, -0.2) is 10.2 Å². The second kappa shape index (κ2) is 4.19. The number of thioether (sulfide) groups is 1. The van der Waals surface area contributed by atoms with Gasteiger partial charge >= 0.3 is 6.18 Å². The molecule has 0 unspecified atom stereocenters. The van der Waals surface area contributed by atoms with Crippen LogP contribution in [0.4, 0.5) is 13.2 Å². The molecule has 1 N–H and O–H groups in total. The minimum absolute atomic E-state index is 0.0420. The van der Waals surface area contributed by atoms with Crippen LogP contribution in [0, 0.1) is 0 Å². The molecular weight excluding hydrogens is 275 g/mol. The van der Waals surface area contributed by atoms with Crippen molar-refractivity contribution in [1.29, 1.82) is 0 Å². The van der Waals surface area contributed by atoms with Crippen LogP contribution in [0.2, 0.25) is 0 Å². The number of hydrogen-bond acceptors (Lipinski definition) is 4. The standard InChI is InChI=1S/C9H4F3NO2S2/c10-9(11,12)6-2-1-4(15-6)3-5-7(14)13-8(16)17-5/h1-3H,(H,13,14,16). The molecule has 1 aliphatic heterocycles. The molecule has 1 amide bonds. The van der Waals surface area contributed by atoms with Crippen molar-refractivity contribution in [1.82, 2.24) is 5.32 Å². The Morgan fingerprint density at radius 3 is 2.59 bits per heavy atom.